The lowest BCUT2D eigenvalue weighted by molar-refractivity contribution is -0.384. The highest BCUT2D eigenvalue weighted by Crippen LogP contribution is 2.31. The number of amides is 2. The van der Waals surface area contributed by atoms with Crippen molar-refractivity contribution < 1.29 is 14.5 Å². The van der Waals surface area contributed by atoms with Gasteiger partial charge in [0.2, 0.25) is 11.8 Å². The van der Waals surface area contributed by atoms with E-state index >= 15 is 0 Å². The van der Waals surface area contributed by atoms with Gasteiger partial charge in [0.05, 0.1) is 11.5 Å². The predicted octanol–water partition coefficient (Wildman–Crippen LogP) is 1.84. The van der Waals surface area contributed by atoms with Crippen LogP contribution < -0.4 is 15.5 Å². The normalized spacial score (nSPS) is 15.4. The van der Waals surface area contributed by atoms with Gasteiger partial charge in [-0.05, 0) is 39.7 Å². The van der Waals surface area contributed by atoms with Crippen molar-refractivity contribution in [3.05, 3.63) is 34.4 Å². The summed E-state index contributed by atoms with van der Waals surface area (Å²) in [6, 6.07) is 6.64. The Bertz CT molecular complexity index is 676. The van der Waals surface area contributed by atoms with Crippen LogP contribution in [0.2, 0.25) is 0 Å². The monoisotopic (exact) mass is 362 g/mol. The maximum absolute atomic E-state index is 12.3. The Hall–Kier alpha value is -2.64. The molecule has 1 heterocycles. The van der Waals surface area contributed by atoms with Crippen LogP contribution >= 0.6 is 0 Å². The summed E-state index contributed by atoms with van der Waals surface area (Å²) in [5.74, 6) is -0.545. The Morgan fingerprint density at radius 3 is 2.42 bits per heavy atom. The number of piperidine rings is 1. The summed E-state index contributed by atoms with van der Waals surface area (Å²) in [5.41, 5.74) is 0.326. The zero-order valence-electron chi connectivity index (χ0n) is 15.4. The van der Waals surface area contributed by atoms with Gasteiger partial charge in [-0.25, -0.2) is 0 Å². The molecule has 0 aromatic heterocycles. The first kappa shape index (κ1) is 19.7. The van der Waals surface area contributed by atoms with Gasteiger partial charge < -0.3 is 15.5 Å². The van der Waals surface area contributed by atoms with E-state index in [4.69, 9.17) is 0 Å². The van der Waals surface area contributed by atoms with E-state index in [2.05, 4.69) is 10.6 Å². The van der Waals surface area contributed by atoms with Crippen molar-refractivity contribution in [1.82, 2.24) is 10.6 Å². The molecule has 2 amide bonds. The maximum atomic E-state index is 12.3. The number of nitro groups is 1. The standard InChI is InChI=1S/C18H26N4O4/c1-18(2,3)20-16(23)12-19-17(24)13-8-10-21(11-9-13)14-6-4-5-7-15(14)22(25)26/h4-7,13H,8-12H2,1-3H3,(H,19,24)(H,20,23). The quantitative estimate of drug-likeness (QED) is 0.614. The molecule has 8 nitrogen and oxygen atoms in total. The second-order valence-corrected chi connectivity index (χ2v) is 7.52. The number of nitro benzene ring substituents is 1. The summed E-state index contributed by atoms with van der Waals surface area (Å²) in [7, 11) is 0. The van der Waals surface area contributed by atoms with Gasteiger partial charge >= 0.3 is 0 Å². The number of benzene rings is 1. The average Bonchev–Trinajstić information content (AvgIpc) is 2.58. The van der Waals surface area contributed by atoms with E-state index < -0.39 is 0 Å². The van der Waals surface area contributed by atoms with Crippen molar-refractivity contribution in [2.45, 2.75) is 39.2 Å². The molecule has 2 rings (SSSR count). The first-order valence-electron chi connectivity index (χ1n) is 8.74. The number of carbonyl (C=O) groups excluding carboxylic acids is 2. The molecule has 0 saturated carbocycles. The van der Waals surface area contributed by atoms with Gasteiger partial charge in [0.1, 0.15) is 5.69 Å². The number of rotatable bonds is 5. The van der Waals surface area contributed by atoms with Gasteiger partial charge in [-0.1, -0.05) is 12.1 Å². The summed E-state index contributed by atoms with van der Waals surface area (Å²) in [5, 5.41) is 16.6. The number of anilines is 1. The van der Waals surface area contributed by atoms with Gasteiger partial charge in [0, 0.05) is 30.6 Å². The third-order valence-electron chi connectivity index (χ3n) is 4.22. The van der Waals surface area contributed by atoms with E-state index in [1.807, 2.05) is 25.7 Å². The van der Waals surface area contributed by atoms with Gasteiger partial charge in [-0.2, -0.15) is 0 Å². The molecule has 142 valence electrons. The minimum Gasteiger partial charge on any atom is -0.366 e. The summed E-state index contributed by atoms with van der Waals surface area (Å²) in [6.07, 6.45) is 1.19. The number of para-hydroxylation sites is 2. The smallest absolute Gasteiger partial charge is 0.292 e. The predicted molar refractivity (Wildman–Crippen MR) is 98.9 cm³/mol. The number of hydrogen-bond acceptors (Lipinski definition) is 5. The van der Waals surface area contributed by atoms with Crippen LogP contribution in [-0.4, -0.2) is 41.9 Å². The highest BCUT2D eigenvalue weighted by molar-refractivity contribution is 5.86. The Labute approximate surface area is 153 Å². The molecule has 0 spiro atoms. The first-order chi connectivity index (χ1) is 12.2. The molecule has 1 aliphatic heterocycles. The zero-order chi connectivity index (χ0) is 19.3. The molecule has 0 atom stereocenters. The van der Waals surface area contributed by atoms with Gasteiger partial charge in [-0.3, -0.25) is 19.7 Å². The second-order valence-electron chi connectivity index (χ2n) is 7.52. The van der Waals surface area contributed by atoms with Crippen LogP contribution in [0.4, 0.5) is 11.4 Å². The number of nitrogens with zero attached hydrogens (tertiary/aromatic N) is 2. The fraction of sp³-hybridized carbons (Fsp3) is 0.556. The maximum Gasteiger partial charge on any atom is 0.292 e. The van der Waals surface area contributed by atoms with Crippen LogP contribution in [0.5, 0.6) is 0 Å². The topological polar surface area (TPSA) is 105 Å². The van der Waals surface area contributed by atoms with Crippen molar-refractivity contribution in [2.24, 2.45) is 5.92 Å². The van der Waals surface area contributed by atoms with Crippen LogP contribution in [0.15, 0.2) is 24.3 Å². The SMILES string of the molecule is CC(C)(C)NC(=O)CNC(=O)C1CCN(c2ccccc2[N+](=O)[O-])CC1. The van der Waals surface area contributed by atoms with E-state index in [0.29, 0.717) is 31.6 Å². The Balaban J connectivity index is 1.86. The van der Waals surface area contributed by atoms with Crippen molar-refractivity contribution in [3.63, 3.8) is 0 Å². The molecule has 1 aliphatic rings. The second kappa shape index (κ2) is 8.16. The third kappa shape index (κ3) is 5.44. The first-order valence-corrected chi connectivity index (χ1v) is 8.74. The van der Waals surface area contributed by atoms with Crippen LogP contribution in [-0.2, 0) is 9.59 Å². The Kier molecular flexibility index (Phi) is 6.18. The molecule has 0 unspecified atom stereocenters. The fourth-order valence-corrected chi connectivity index (χ4v) is 3.04. The minimum atomic E-state index is -0.387. The van der Waals surface area contributed by atoms with Crippen molar-refractivity contribution in [2.75, 3.05) is 24.5 Å². The molecule has 0 radical (unpaired) electrons. The Morgan fingerprint density at radius 1 is 1.23 bits per heavy atom. The van der Waals surface area contributed by atoms with E-state index in [-0.39, 0.29) is 40.4 Å². The molecule has 8 heteroatoms. The van der Waals surface area contributed by atoms with E-state index in [1.54, 1.807) is 18.2 Å². The highest BCUT2D eigenvalue weighted by atomic mass is 16.6. The van der Waals surface area contributed by atoms with Gasteiger partial charge in [0.25, 0.3) is 5.69 Å². The van der Waals surface area contributed by atoms with Crippen LogP contribution in [0.25, 0.3) is 0 Å². The lowest BCUT2D eigenvalue weighted by Gasteiger charge is -2.32. The van der Waals surface area contributed by atoms with Gasteiger partial charge in [-0.15, -0.1) is 0 Å². The average molecular weight is 362 g/mol. The van der Waals surface area contributed by atoms with Gasteiger partial charge in [0.15, 0.2) is 0 Å². The third-order valence-corrected chi connectivity index (χ3v) is 4.22. The molecular formula is C18H26N4O4. The van der Waals surface area contributed by atoms with Crippen LogP contribution in [0, 0.1) is 16.0 Å². The number of nitrogens with one attached hydrogen (secondary N) is 2. The molecule has 1 aromatic rings. The van der Waals surface area contributed by atoms with E-state index in [0.717, 1.165) is 0 Å². The summed E-state index contributed by atoms with van der Waals surface area (Å²) in [6.45, 7) is 6.73. The molecule has 0 aliphatic carbocycles. The lowest BCUT2D eigenvalue weighted by Crippen LogP contribution is -2.47. The Morgan fingerprint density at radius 2 is 1.85 bits per heavy atom. The van der Waals surface area contributed by atoms with Crippen molar-refractivity contribution in [3.8, 4) is 0 Å². The minimum absolute atomic E-state index is 0.0412. The summed E-state index contributed by atoms with van der Waals surface area (Å²) in [4.78, 5) is 36.8. The molecule has 26 heavy (non-hydrogen) atoms. The molecule has 1 saturated heterocycles. The van der Waals surface area contributed by atoms with Crippen LogP contribution in [0.3, 0.4) is 0 Å². The number of carbonyl (C=O) groups is 2. The lowest BCUT2D eigenvalue weighted by atomic mass is 9.95. The molecule has 2 N–H and O–H groups in total. The highest BCUT2D eigenvalue weighted by Gasteiger charge is 2.28. The number of hydrogen-bond donors (Lipinski definition) is 2. The van der Waals surface area contributed by atoms with Crippen molar-refractivity contribution >= 4 is 23.2 Å². The summed E-state index contributed by atoms with van der Waals surface area (Å²) >= 11 is 0. The molecular weight excluding hydrogens is 336 g/mol. The zero-order valence-corrected chi connectivity index (χ0v) is 15.4. The van der Waals surface area contributed by atoms with Crippen LogP contribution in [0.1, 0.15) is 33.6 Å². The van der Waals surface area contributed by atoms with E-state index in [1.165, 1.54) is 6.07 Å². The van der Waals surface area contributed by atoms with Crippen molar-refractivity contribution in [1.29, 1.82) is 0 Å². The molecule has 0 bridgehead atoms. The molecule has 1 aromatic carbocycles. The molecule has 1 fully saturated rings. The largest absolute Gasteiger partial charge is 0.366 e. The van der Waals surface area contributed by atoms with E-state index in [9.17, 15) is 19.7 Å². The fourth-order valence-electron chi connectivity index (χ4n) is 3.04. The summed E-state index contributed by atoms with van der Waals surface area (Å²) < 4.78 is 0.